The Morgan fingerprint density at radius 3 is 2.43 bits per heavy atom. The summed E-state index contributed by atoms with van der Waals surface area (Å²) in [5.41, 5.74) is 5.42. The number of methoxy groups -OCH3 is 1. The molecule has 3 N–H and O–H groups in total. The number of nitrogens with one attached hydrogen (secondary N) is 1. The first kappa shape index (κ1) is 25.2. The lowest BCUT2D eigenvalue weighted by Gasteiger charge is -2.31. The average molecular weight is 524 g/mol. The number of fused-ring (bicyclic) bond motifs is 1. The molecule has 2 aromatic carbocycles. The fraction of sp³-hybridized carbons (Fsp3) is 0.296. The molecule has 3 atom stereocenters. The number of aliphatic hydroxyl groups is 2. The molecule has 3 heterocycles. The summed E-state index contributed by atoms with van der Waals surface area (Å²) in [6.45, 7) is -0.00680. The first-order chi connectivity index (χ1) is 17.9. The van der Waals surface area contributed by atoms with Crippen molar-refractivity contribution in [1.82, 2.24) is 15.0 Å². The highest BCUT2D eigenvalue weighted by Crippen LogP contribution is 2.31. The number of carbonyl (C=O) groups excluding carboxylic acids is 1. The van der Waals surface area contributed by atoms with E-state index in [0.717, 1.165) is 22.3 Å². The van der Waals surface area contributed by atoms with E-state index in [1.54, 1.807) is 6.07 Å². The number of aliphatic hydroxyl groups excluding tert-OH is 2. The lowest BCUT2D eigenvalue weighted by atomic mass is 10.0. The molecule has 1 fully saturated rings. The molecule has 1 aliphatic rings. The third kappa shape index (κ3) is 5.60. The fourth-order valence-electron chi connectivity index (χ4n) is 4.27. The molecule has 4 aromatic rings. The predicted molar refractivity (Wildman–Crippen MR) is 137 cm³/mol. The zero-order valence-electron chi connectivity index (χ0n) is 20.1. The first-order valence-electron chi connectivity index (χ1n) is 11.8. The van der Waals surface area contributed by atoms with Crippen molar-refractivity contribution < 1.29 is 29.2 Å². The van der Waals surface area contributed by atoms with E-state index in [4.69, 9.17) is 25.8 Å². The number of aromatic nitrogens is 3. The van der Waals surface area contributed by atoms with Crippen LogP contribution in [0, 0.1) is 0 Å². The van der Waals surface area contributed by atoms with Gasteiger partial charge in [-0.1, -0.05) is 60.1 Å². The molecule has 37 heavy (non-hydrogen) atoms. The number of hydrogen-bond acceptors (Lipinski definition) is 8. The number of ether oxygens (including phenoxy) is 3. The minimum atomic E-state index is -0.812. The Balaban J connectivity index is 1.31. The molecule has 0 radical (unpaired) electrons. The van der Waals surface area contributed by atoms with Gasteiger partial charge in [0.2, 0.25) is 0 Å². The van der Waals surface area contributed by atoms with Crippen LogP contribution in [0.1, 0.15) is 12.0 Å². The van der Waals surface area contributed by atoms with Crippen LogP contribution in [0.3, 0.4) is 0 Å². The molecule has 1 aliphatic heterocycles. The molecule has 1 saturated heterocycles. The minimum Gasteiger partial charge on any atom is -0.469 e. The largest absolute Gasteiger partial charge is 0.469 e. The normalized spacial score (nSPS) is 19.6. The number of halogens is 1. The number of rotatable bonds is 7. The highest BCUT2D eigenvalue weighted by atomic mass is 35.5. The van der Waals surface area contributed by atoms with Crippen LogP contribution in [-0.2, 0) is 20.7 Å². The van der Waals surface area contributed by atoms with Gasteiger partial charge in [-0.05, 0) is 22.8 Å². The summed E-state index contributed by atoms with van der Waals surface area (Å²) in [4.78, 5) is 23.6. The number of carbonyl (C=O) groups is 1. The molecule has 0 saturated carbocycles. The van der Waals surface area contributed by atoms with Gasteiger partial charge in [-0.15, -0.1) is 0 Å². The van der Waals surface area contributed by atoms with Gasteiger partial charge in [0, 0.05) is 12.0 Å². The Morgan fingerprint density at radius 1 is 1.11 bits per heavy atom. The van der Waals surface area contributed by atoms with E-state index >= 15 is 0 Å². The van der Waals surface area contributed by atoms with Gasteiger partial charge in [0.15, 0.2) is 5.65 Å². The van der Waals surface area contributed by atoms with Crippen LogP contribution in [-0.4, -0.2) is 69.8 Å². The first-order valence-corrected chi connectivity index (χ1v) is 12.2. The summed E-state index contributed by atoms with van der Waals surface area (Å²) in [6.07, 6.45) is -1.26. The number of pyridine rings is 1. The summed E-state index contributed by atoms with van der Waals surface area (Å²) >= 11 is 6.55. The summed E-state index contributed by atoms with van der Waals surface area (Å²) in [5, 5.41) is 19.7. The molecule has 10 heteroatoms. The second-order valence-corrected chi connectivity index (χ2v) is 9.26. The Kier molecular flexibility index (Phi) is 7.38. The molecule has 0 amide bonds. The van der Waals surface area contributed by atoms with Crippen LogP contribution in [0.15, 0.2) is 54.6 Å². The number of aromatic amines is 1. The van der Waals surface area contributed by atoms with E-state index in [1.807, 2.05) is 48.5 Å². The van der Waals surface area contributed by atoms with Crippen LogP contribution in [0.2, 0.25) is 5.02 Å². The van der Waals surface area contributed by atoms with Gasteiger partial charge in [-0.25, -0.2) is 4.98 Å². The number of nitrogens with zero attached hydrogens (tertiary/aromatic N) is 2. The van der Waals surface area contributed by atoms with E-state index < -0.39 is 18.3 Å². The Bertz CT molecular complexity index is 1390. The summed E-state index contributed by atoms with van der Waals surface area (Å²) in [6, 6.07) is 17.6. The van der Waals surface area contributed by atoms with E-state index in [0.29, 0.717) is 28.3 Å². The SMILES string of the molecule is COC(=O)Cc1ccc(-c2ccc(-c3nc4nc(O[C@H]5CO[C@H](CO)[C@@H](O)C5)[nH]c4cc3Cl)cc2)cc1. The second-order valence-electron chi connectivity index (χ2n) is 8.86. The molecule has 0 spiro atoms. The monoisotopic (exact) mass is 523 g/mol. The molecular weight excluding hydrogens is 498 g/mol. The van der Waals surface area contributed by atoms with E-state index in [9.17, 15) is 15.0 Å². The van der Waals surface area contributed by atoms with Crippen molar-refractivity contribution in [2.75, 3.05) is 20.3 Å². The van der Waals surface area contributed by atoms with Crippen molar-refractivity contribution >= 4 is 28.7 Å². The van der Waals surface area contributed by atoms with Gasteiger partial charge in [0.25, 0.3) is 6.01 Å². The minimum absolute atomic E-state index is 0.235. The Morgan fingerprint density at radius 2 is 1.78 bits per heavy atom. The maximum Gasteiger partial charge on any atom is 0.309 e. The predicted octanol–water partition coefficient (Wildman–Crippen LogP) is 3.55. The molecule has 192 valence electrons. The van der Waals surface area contributed by atoms with E-state index in [1.165, 1.54) is 7.11 Å². The zero-order chi connectivity index (χ0) is 25.9. The van der Waals surface area contributed by atoms with Gasteiger partial charge in [-0.3, -0.25) is 4.79 Å². The molecule has 2 aromatic heterocycles. The molecule has 5 rings (SSSR count). The van der Waals surface area contributed by atoms with E-state index in [-0.39, 0.29) is 31.6 Å². The highest BCUT2D eigenvalue weighted by Gasteiger charge is 2.31. The van der Waals surface area contributed by atoms with Gasteiger partial charge < -0.3 is 29.4 Å². The van der Waals surface area contributed by atoms with Gasteiger partial charge in [0.1, 0.15) is 12.2 Å². The molecule has 0 aliphatic carbocycles. The molecule has 0 unspecified atom stereocenters. The van der Waals surface area contributed by atoms with Crippen LogP contribution < -0.4 is 4.74 Å². The summed E-state index contributed by atoms with van der Waals surface area (Å²) in [5.74, 6) is -0.271. The number of H-pyrrole nitrogens is 1. The standard InChI is InChI=1S/C27H26ClN3O6/c1-35-24(34)10-15-2-4-16(5-3-15)17-6-8-18(9-7-17)25-20(28)12-21-26(30-25)31-27(29-21)37-19-11-22(33)23(13-32)36-14-19/h2-9,12,19,22-23,32-33H,10-11,13-14H2,1H3,(H,29,30,31)/t19-,22+,23-/m1/s1. The van der Waals surface area contributed by atoms with Crippen molar-refractivity contribution in [3.63, 3.8) is 0 Å². The average Bonchev–Trinajstić information content (AvgIpc) is 3.29. The van der Waals surface area contributed by atoms with Crippen LogP contribution >= 0.6 is 11.6 Å². The third-order valence-corrected chi connectivity index (χ3v) is 6.60. The van der Waals surface area contributed by atoms with Gasteiger partial charge in [-0.2, -0.15) is 4.98 Å². The molecule has 0 bridgehead atoms. The maximum atomic E-state index is 11.5. The van der Waals surface area contributed by atoms with Crippen molar-refractivity contribution in [1.29, 1.82) is 0 Å². The quantitative estimate of drug-likeness (QED) is 0.314. The van der Waals surface area contributed by atoms with Gasteiger partial charge in [0.05, 0.1) is 49.1 Å². The van der Waals surface area contributed by atoms with Crippen LogP contribution in [0.25, 0.3) is 33.5 Å². The summed E-state index contributed by atoms with van der Waals surface area (Å²) < 4.78 is 16.0. The summed E-state index contributed by atoms with van der Waals surface area (Å²) in [7, 11) is 1.38. The number of hydrogen-bond donors (Lipinski definition) is 3. The Labute approximate surface area is 218 Å². The number of esters is 1. The second kappa shape index (κ2) is 10.9. The van der Waals surface area contributed by atoms with Crippen molar-refractivity contribution in [2.24, 2.45) is 0 Å². The molecular formula is C27H26ClN3O6. The van der Waals surface area contributed by atoms with Crippen molar-refractivity contribution in [3.8, 4) is 28.4 Å². The smallest absolute Gasteiger partial charge is 0.309 e. The molecule has 9 nitrogen and oxygen atoms in total. The van der Waals surface area contributed by atoms with Crippen LogP contribution in [0.5, 0.6) is 6.01 Å². The lowest BCUT2D eigenvalue weighted by molar-refractivity contribution is -0.139. The highest BCUT2D eigenvalue weighted by molar-refractivity contribution is 6.33. The maximum absolute atomic E-state index is 11.5. The fourth-order valence-corrected chi connectivity index (χ4v) is 4.53. The lowest BCUT2D eigenvalue weighted by Crippen LogP contribution is -2.45. The third-order valence-electron chi connectivity index (χ3n) is 6.31. The number of imidazole rings is 1. The van der Waals surface area contributed by atoms with Crippen LogP contribution in [0.4, 0.5) is 0 Å². The van der Waals surface area contributed by atoms with E-state index in [2.05, 4.69) is 15.0 Å². The number of benzene rings is 2. The Hall–Kier alpha value is -3.50. The van der Waals surface area contributed by atoms with Crippen molar-refractivity contribution in [2.45, 2.75) is 31.2 Å². The zero-order valence-corrected chi connectivity index (χ0v) is 20.8. The van der Waals surface area contributed by atoms with Crippen molar-refractivity contribution in [3.05, 3.63) is 65.2 Å². The topological polar surface area (TPSA) is 127 Å². The van der Waals surface area contributed by atoms with Gasteiger partial charge >= 0.3 is 5.97 Å².